The molecule has 5 heterocycles. The zero-order valence-corrected chi connectivity index (χ0v) is 24.3. The standard InChI is InChI=1S/C28H25F2N7O6S/c1-3-41-17-6-4-16(5-7-17)36-12-19(23(35-36)22-18(29)8-9-21(30)34-22)32-25(38)20-13-44-26(33-20)15-10-31-37(11-15)27(39)24-14(2)42-28(40)43-24/h8-13,16-17H,3-7H2,1-2H3,(H,32,38). The maximum Gasteiger partial charge on any atom is 0.519 e. The first-order valence-corrected chi connectivity index (χ1v) is 14.6. The molecule has 16 heteroatoms. The third-order valence-corrected chi connectivity index (χ3v) is 8.04. The number of pyridine rings is 1. The summed E-state index contributed by atoms with van der Waals surface area (Å²) in [6.45, 7) is 3.99. The van der Waals surface area contributed by atoms with Crippen LogP contribution in [0.15, 0.2) is 49.7 Å². The van der Waals surface area contributed by atoms with Gasteiger partial charge in [0.1, 0.15) is 22.1 Å². The first-order chi connectivity index (χ1) is 21.2. The van der Waals surface area contributed by atoms with E-state index in [9.17, 15) is 23.2 Å². The minimum atomic E-state index is -1.01. The molecule has 6 rings (SSSR count). The van der Waals surface area contributed by atoms with Gasteiger partial charge in [-0.05, 0) is 51.7 Å². The van der Waals surface area contributed by atoms with E-state index in [0.717, 1.165) is 53.8 Å². The SMILES string of the molecule is CCOC1CCC(n2cc(NC(=O)c3csc(-c4cnn(C(=O)c5oc(=O)oc5C)c4)n3)c(-c3nc(F)ccc3F)n2)CC1. The molecule has 5 aromatic heterocycles. The van der Waals surface area contributed by atoms with Crippen LogP contribution in [0.4, 0.5) is 14.5 Å². The van der Waals surface area contributed by atoms with Crippen LogP contribution in [-0.4, -0.2) is 54.1 Å². The number of amides is 1. The van der Waals surface area contributed by atoms with E-state index in [2.05, 4.69) is 25.5 Å². The largest absolute Gasteiger partial charge is 0.519 e. The van der Waals surface area contributed by atoms with E-state index in [-0.39, 0.29) is 46.4 Å². The van der Waals surface area contributed by atoms with Gasteiger partial charge in [0.05, 0.1) is 24.0 Å². The topological polar surface area (TPSA) is 160 Å². The van der Waals surface area contributed by atoms with Crippen LogP contribution in [0, 0.1) is 18.7 Å². The summed E-state index contributed by atoms with van der Waals surface area (Å²) in [6.07, 6.45) is 7.65. The molecular formula is C28H25F2N7O6S. The summed E-state index contributed by atoms with van der Waals surface area (Å²) in [7, 11) is 0. The second-order valence-corrected chi connectivity index (χ2v) is 10.9. The van der Waals surface area contributed by atoms with Gasteiger partial charge in [-0.25, -0.2) is 23.8 Å². The normalized spacial score (nSPS) is 16.7. The van der Waals surface area contributed by atoms with Gasteiger partial charge >= 0.3 is 11.7 Å². The predicted octanol–water partition coefficient (Wildman–Crippen LogP) is 4.86. The Labute approximate surface area is 251 Å². The molecule has 0 aromatic carbocycles. The van der Waals surface area contributed by atoms with Crippen LogP contribution >= 0.6 is 11.3 Å². The third-order valence-electron chi connectivity index (χ3n) is 7.15. The molecule has 1 aliphatic rings. The molecule has 0 radical (unpaired) electrons. The van der Waals surface area contributed by atoms with Gasteiger partial charge in [0.2, 0.25) is 11.7 Å². The Morgan fingerprint density at radius 2 is 1.91 bits per heavy atom. The second-order valence-electron chi connectivity index (χ2n) is 10.0. The molecule has 1 saturated carbocycles. The van der Waals surface area contributed by atoms with Crippen molar-refractivity contribution < 1.29 is 31.9 Å². The maximum atomic E-state index is 14.8. The predicted molar refractivity (Wildman–Crippen MR) is 151 cm³/mol. The number of nitrogens with zero attached hydrogens (tertiary/aromatic N) is 6. The first-order valence-electron chi connectivity index (χ1n) is 13.7. The summed E-state index contributed by atoms with van der Waals surface area (Å²) >= 11 is 1.12. The molecule has 1 amide bonds. The summed E-state index contributed by atoms with van der Waals surface area (Å²) in [6, 6.07) is 1.83. The van der Waals surface area contributed by atoms with Crippen molar-refractivity contribution in [3.05, 3.63) is 75.7 Å². The fourth-order valence-electron chi connectivity index (χ4n) is 5.03. The van der Waals surface area contributed by atoms with E-state index in [1.54, 1.807) is 10.9 Å². The van der Waals surface area contributed by atoms with Gasteiger partial charge in [-0.15, -0.1) is 11.3 Å². The Kier molecular flexibility index (Phi) is 8.01. The minimum Gasteiger partial charge on any atom is -0.395 e. The molecule has 228 valence electrons. The van der Waals surface area contributed by atoms with Gasteiger partial charge in [-0.3, -0.25) is 14.3 Å². The Morgan fingerprint density at radius 1 is 1.11 bits per heavy atom. The van der Waals surface area contributed by atoms with Gasteiger partial charge in [0.25, 0.3) is 5.91 Å². The summed E-state index contributed by atoms with van der Waals surface area (Å²) in [5, 5.41) is 13.1. The number of rotatable bonds is 8. The van der Waals surface area contributed by atoms with Crippen molar-refractivity contribution in [2.75, 3.05) is 11.9 Å². The average molecular weight is 626 g/mol. The second kappa shape index (κ2) is 12.0. The number of halogens is 2. The van der Waals surface area contributed by atoms with Crippen LogP contribution in [0.5, 0.6) is 0 Å². The lowest BCUT2D eigenvalue weighted by molar-refractivity contribution is 0.0260. The van der Waals surface area contributed by atoms with Crippen molar-refractivity contribution >= 4 is 28.8 Å². The zero-order valence-electron chi connectivity index (χ0n) is 23.5. The Hall–Kier alpha value is -4.83. The summed E-state index contributed by atoms with van der Waals surface area (Å²) in [5.41, 5.74) is 0.252. The Morgan fingerprint density at radius 3 is 2.64 bits per heavy atom. The van der Waals surface area contributed by atoms with Crippen LogP contribution < -0.4 is 11.1 Å². The molecule has 1 fully saturated rings. The quantitative estimate of drug-likeness (QED) is 0.236. The number of hydrogen-bond donors (Lipinski definition) is 1. The molecule has 44 heavy (non-hydrogen) atoms. The third kappa shape index (κ3) is 5.85. The Bertz CT molecular complexity index is 1900. The van der Waals surface area contributed by atoms with Gasteiger partial charge in [0, 0.05) is 29.9 Å². The summed E-state index contributed by atoms with van der Waals surface area (Å²) in [5.74, 6) is -4.30. The monoisotopic (exact) mass is 625 g/mol. The van der Waals surface area contributed by atoms with E-state index < -0.39 is 29.4 Å². The fourth-order valence-corrected chi connectivity index (χ4v) is 5.80. The average Bonchev–Trinajstić information content (AvgIpc) is 3.81. The van der Waals surface area contributed by atoms with E-state index >= 15 is 0 Å². The summed E-state index contributed by atoms with van der Waals surface area (Å²) < 4.78 is 46.7. The molecule has 5 aromatic rings. The van der Waals surface area contributed by atoms with Crippen LogP contribution in [0.2, 0.25) is 0 Å². The molecule has 0 atom stereocenters. The van der Waals surface area contributed by atoms with Crippen LogP contribution in [0.3, 0.4) is 0 Å². The van der Waals surface area contributed by atoms with E-state index in [1.165, 1.54) is 24.7 Å². The van der Waals surface area contributed by atoms with Crippen LogP contribution in [0.25, 0.3) is 22.0 Å². The highest BCUT2D eigenvalue weighted by atomic mass is 32.1. The lowest BCUT2D eigenvalue weighted by Crippen LogP contribution is -2.24. The number of aryl methyl sites for hydroxylation is 1. The van der Waals surface area contributed by atoms with E-state index in [4.69, 9.17) is 13.6 Å². The molecule has 0 spiro atoms. The van der Waals surface area contributed by atoms with Crippen molar-refractivity contribution in [3.63, 3.8) is 0 Å². The van der Waals surface area contributed by atoms with E-state index in [1.807, 2.05) is 6.92 Å². The van der Waals surface area contributed by atoms with Crippen molar-refractivity contribution in [2.24, 2.45) is 0 Å². The first kappa shape index (κ1) is 29.3. The zero-order chi connectivity index (χ0) is 31.0. The number of anilines is 1. The minimum absolute atomic E-state index is 0.0134. The molecule has 13 nitrogen and oxygen atoms in total. The highest BCUT2D eigenvalue weighted by molar-refractivity contribution is 7.13. The lowest BCUT2D eigenvalue weighted by Gasteiger charge is -2.28. The van der Waals surface area contributed by atoms with Gasteiger partial charge < -0.3 is 18.9 Å². The highest BCUT2D eigenvalue weighted by Crippen LogP contribution is 2.34. The number of thiazole rings is 1. The van der Waals surface area contributed by atoms with Crippen molar-refractivity contribution in [1.82, 2.24) is 29.5 Å². The fraction of sp³-hybridized carbons (Fsp3) is 0.321. The van der Waals surface area contributed by atoms with Gasteiger partial charge in [-0.2, -0.15) is 14.6 Å². The molecule has 1 aliphatic carbocycles. The number of hydrogen-bond acceptors (Lipinski definition) is 11. The highest BCUT2D eigenvalue weighted by Gasteiger charge is 2.27. The maximum absolute atomic E-state index is 14.8. The lowest BCUT2D eigenvalue weighted by atomic mass is 9.93. The van der Waals surface area contributed by atoms with E-state index in [0.29, 0.717) is 17.2 Å². The molecule has 0 aliphatic heterocycles. The Balaban J connectivity index is 1.24. The van der Waals surface area contributed by atoms with Crippen molar-refractivity contribution in [3.8, 4) is 22.0 Å². The van der Waals surface area contributed by atoms with Crippen molar-refractivity contribution in [1.29, 1.82) is 0 Å². The molecule has 0 saturated heterocycles. The molecular weight excluding hydrogens is 600 g/mol. The van der Waals surface area contributed by atoms with Gasteiger partial charge in [0.15, 0.2) is 11.6 Å². The number of ether oxygens (including phenoxy) is 1. The van der Waals surface area contributed by atoms with Crippen molar-refractivity contribution in [2.45, 2.75) is 51.7 Å². The number of carbonyl (C=O) groups excluding carboxylic acids is 2. The van der Waals surface area contributed by atoms with Crippen LogP contribution in [0.1, 0.15) is 65.5 Å². The summed E-state index contributed by atoms with van der Waals surface area (Å²) in [4.78, 5) is 45.3. The molecule has 0 bridgehead atoms. The molecule has 0 unspecified atom stereocenters. The number of aromatic nitrogens is 6. The molecule has 1 N–H and O–H groups in total. The number of carbonyl (C=O) groups is 2. The number of nitrogens with one attached hydrogen (secondary N) is 1. The van der Waals surface area contributed by atoms with Crippen LogP contribution in [-0.2, 0) is 4.74 Å². The van der Waals surface area contributed by atoms with Gasteiger partial charge in [-0.1, -0.05) is 0 Å². The smallest absolute Gasteiger partial charge is 0.395 e.